The molecule has 1 saturated carbocycles. The van der Waals surface area contributed by atoms with Gasteiger partial charge < -0.3 is 5.11 Å². The van der Waals surface area contributed by atoms with Crippen molar-refractivity contribution < 1.29 is 18.3 Å². The van der Waals surface area contributed by atoms with Crippen LogP contribution in [0.25, 0.3) is 9.75 Å². The number of aryl methyl sites for hydroxylation is 1. The van der Waals surface area contributed by atoms with Crippen LogP contribution in [0.3, 0.4) is 0 Å². The van der Waals surface area contributed by atoms with E-state index in [1.165, 1.54) is 6.07 Å². The first-order valence-corrected chi connectivity index (χ1v) is 11.4. The Morgan fingerprint density at radius 1 is 1.07 bits per heavy atom. The lowest BCUT2D eigenvalue weighted by molar-refractivity contribution is -0.140. The van der Waals surface area contributed by atoms with Gasteiger partial charge >= 0.3 is 5.97 Å². The Balaban J connectivity index is 1.61. The lowest BCUT2D eigenvalue weighted by Crippen LogP contribution is -2.44. The minimum Gasteiger partial charge on any atom is -0.480 e. The zero-order valence-corrected chi connectivity index (χ0v) is 16.8. The molecule has 27 heavy (non-hydrogen) atoms. The van der Waals surface area contributed by atoms with Crippen molar-refractivity contribution in [1.29, 1.82) is 0 Å². The highest BCUT2D eigenvalue weighted by Crippen LogP contribution is 2.52. The zero-order valence-electron chi connectivity index (χ0n) is 14.4. The molecule has 0 amide bonds. The van der Waals surface area contributed by atoms with Gasteiger partial charge in [-0.15, -0.1) is 22.7 Å². The van der Waals surface area contributed by atoms with Crippen LogP contribution in [0.5, 0.6) is 0 Å². The van der Waals surface area contributed by atoms with Crippen LogP contribution in [0.4, 0.5) is 0 Å². The number of aliphatic carboxylic acids is 1. The van der Waals surface area contributed by atoms with E-state index in [1.54, 1.807) is 17.4 Å². The second-order valence-electron chi connectivity index (χ2n) is 6.58. The minimum atomic E-state index is -3.93. The van der Waals surface area contributed by atoms with E-state index in [-0.39, 0.29) is 16.5 Å². The lowest BCUT2D eigenvalue weighted by Gasteiger charge is -2.14. The number of carboxylic acids is 1. The summed E-state index contributed by atoms with van der Waals surface area (Å²) in [6.07, 6.45) is 0.244. The Kier molecular flexibility index (Phi) is 4.46. The highest BCUT2D eigenvalue weighted by molar-refractivity contribution is 7.91. The van der Waals surface area contributed by atoms with Crippen molar-refractivity contribution in [2.45, 2.75) is 29.0 Å². The topological polar surface area (TPSA) is 83.5 Å². The van der Waals surface area contributed by atoms with Gasteiger partial charge in [-0.1, -0.05) is 30.3 Å². The van der Waals surface area contributed by atoms with Gasteiger partial charge in [-0.25, -0.2) is 8.42 Å². The minimum absolute atomic E-state index is 0.128. The Labute approximate surface area is 165 Å². The first-order valence-electron chi connectivity index (χ1n) is 8.31. The summed E-state index contributed by atoms with van der Waals surface area (Å²) in [6.45, 7) is 1.99. The third kappa shape index (κ3) is 3.34. The summed E-state index contributed by atoms with van der Waals surface area (Å²) in [5.74, 6) is -1.52. The second-order valence-corrected chi connectivity index (χ2v) is 10.9. The third-order valence-electron chi connectivity index (χ3n) is 4.69. The molecule has 2 heterocycles. The first-order chi connectivity index (χ1) is 12.8. The van der Waals surface area contributed by atoms with Gasteiger partial charge in [0.25, 0.3) is 10.0 Å². The van der Waals surface area contributed by atoms with Gasteiger partial charge in [0.1, 0.15) is 9.75 Å². The Hall–Kier alpha value is -2.00. The Bertz CT molecular complexity index is 1100. The van der Waals surface area contributed by atoms with Gasteiger partial charge in [0.2, 0.25) is 0 Å². The highest BCUT2D eigenvalue weighted by atomic mass is 32.2. The van der Waals surface area contributed by atoms with Crippen LogP contribution >= 0.6 is 22.7 Å². The van der Waals surface area contributed by atoms with Crippen molar-refractivity contribution in [3.8, 4) is 9.75 Å². The van der Waals surface area contributed by atoms with Crippen LogP contribution in [0.15, 0.2) is 58.8 Å². The number of sulfonamides is 1. The van der Waals surface area contributed by atoms with Crippen molar-refractivity contribution in [1.82, 2.24) is 4.72 Å². The average Bonchev–Trinajstić information content (AvgIpc) is 2.98. The molecule has 2 aromatic heterocycles. The number of carbonyl (C=O) groups is 1. The molecule has 8 heteroatoms. The average molecular weight is 420 g/mol. The molecule has 2 atom stereocenters. The predicted octanol–water partition coefficient (Wildman–Crippen LogP) is 4.07. The first kappa shape index (κ1) is 18.4. The molecule has 0 radical (unpaired) electrons. The number of hydrogen-bond donors (Lipinski definition) is 2. The van der Waals surface area contributed by atoms with Gasteiger partial charge in [0.15, 0.2) is 0 Å². The fourth-order valence-electron chi connectivity index (χ4n) is 3.20. The molecule has 1 aromatic carbocycles. The van der Waals surface area contributed by atoms with Crippen LogP contribution in [-0.4, -0.2) is 25.0 Å². The molecular formula is C19H17NO4S3. The molecule has 0 unspecified atom stereocenters. The van der Waals surface area contributed by atoms with E-state index in [2.05, 4.69) is 4.72 Å². The lowest BCUT2D eigenvalue weighted by atomic mass is 10.1. The van der Waals surface area contributed by atoms with Gasteiger partial charge in [0, 0.05) is 20.5 Å². The number of benzene rings is 1. The molecule has 5 nitrogen and oxygen atoms in total. The molecule has 1 aliphatic carbocycles. The molecule has 0 bridgehead atoms. The van der Waals surface area contributed by atoms with E-state index in [0.29, 0.717) is 0 Å². The molecule has 4 rings (SSSR count). The van der Waals surface area contributed by atoms with Crippen molar-refractivity contribution in [3.63, 3.8) is 0 Å². The van der Waals surface area contributed by atoms with E-state index in [4.69, 9.17) is 0 Å². The summed E-state index contributed by atoms with van der Waals surface area (Å²) < 4.78 is 28.3. The van der Waals surface area contributed by atoms with Crippen molar-refractivity contribution in [2.24, 2.45) is 0 Å². The standard InChI is InChI=1S/C19H17NO4S3/c1-12-7-8-15(25-12)16-9-10-17(26-16)27(23,24)20-19(18(21)22)11-14(19)13-5-3-2-4-6-13/h2-10,14,20H,11H2,1H3,(H,21,22)/t14-,19+/m1/s1. The molecule has 3 aromatic rings. The number of rotatable bonds is 6. The quantitative estimate of drug-likeness (QED) is 0.631. The number of nitrogens with one attached hydrogen (secondary N) is 1. The number of carboxylic acid groups (broad SMARTS) is 1. The maximum absolute atomic E-state index is 12.9. The number of hydrogen-bond acceptors (Lipinski definition) is 5. The summed E-state index contributed by atoms with van der Waals surface area (Å²) in [7, 11) is -3.93. The van der Waals surface area contributed by atoms with Crippen LogP contribution in [0, 0.1) is 6.92 Å². The van der Waals surface area contributed by atoms with Crippen LogP contribution in [0.2, 0.25) is 0 Å². The van der Waals surface area contributed by atoms with Crippen molar-refractivity contribution in [3.05, 3.63) is 65.0 Å². The maximum Gasteiger partial charge on any atom is 0.325 e. The van der Waals surface area contributed by atoms with E-state index in [9.17, 15) is 18.3 Å². The molecule has 0 aliphatic heterocycles. The molecule has 1 aliphatic rings. The predicted molar refractivity (Wildman–Crippen MR) is 107 cm³/mol. The second kappa shape index (κ2) is 6.56. The van der Waals surface area contributed by atoms with Crippen molar-refractivity contribution >= 4 is 38.7 Å². The van der Waals surface area contributed by atoms with E-state index >= 15 is 0 Å². The third-order valence-corrected chi connectivity index (χ3v) is 8.97. The summed E-state index contributed by atoms with van der Waals surface area (Å²) in [5.41, 5.74) is -0.660. The monoisotopic (exact) mass is 419 g/mol. The number of thiophene rings is 2. The smallest absolute Gasteiger partial charge is 0.325 e. The summed E-state index contributed by atoms with van der Waals surface area (Å²) in [5, 5.41) is 9.71. The maximum atomic E-state index is 12.9. The normalized spacial score (nSPS) is 21.9. The molecule has 140 valence electrons. The van der Waals surface area contributed by atoms with Crippen LogP contribution in [-0.2, 0) is 14.8 Å². The highest BCUT2D eigenvalue weighted by Gasteiger charge is 2.63. The van der Waals surface area contributed by atoms with Gasteiger partial charge in [0.05, 0.1) is 0 Å². The fraction of sp³-hybridized carbons (Fsp3) is 0.211. The summed E-state index contributed by atoms with van der Waals surface area (Å²) in [4.78, 5) is 14.9. The molecule has 0 saturated heterocycles. The molecule has 0 spiro atoms. The van der Waals surface area contributed by atoms with Gasteiger partial charge in [-0.2, -0.15) is 4.72 Å². The van der Waals surface area contributed by atoms with Gasteiger partial charge in [-0.05, 0) is 43.2 Å². The Morgan fingerprint density at radius 2 is 1.74 bits per heavy atom. The molecule has 1 fully saturated rings. The van der Waals surface area contributed by atoms with E-state index in [0.717, 1.165) is 31.5 Å². The molecular weight excluding hydrogens is 402 g/mol. The summed E-state index contributed by atoms with van der Waals surface area (Å²) >= 11 is 2.74. The SMILES string of the molecule is Cc1ccc(-c2ccc(S(=O)(=O)N[C@@]3(C(=O)O)C[C@@H]3c3ccccc3)s2)s1. The van der Waals surface area contributed by atoms with E-state index < -0.39 is 21.5 Å². The Morgan fingerprint density at radius 3 is 2.37 bits per heavy atom. The van der Waals surface area contributed by atoms with E-state index in [1.807, 2.05) is 49.4 Å². The zero-order chi connectivity index (χ0) is 19.2. The largest absolute Gasteiger partial charge is 0.480 e. The van der Waals surface area contributed by atoms with Crippen LogP contribution < -0.4 is 4.72 Å². The fourth-order valence-corrected chi connectivity index (χ4v) is 6.87. The van der Waals surface area contributed by atoms with Crippen LogP contribution in [0.1, 0.15) is 22.8 Å². The van der Waals surface area contributed by atoms with Gasteiger partial charge in [-0.3, -0.25) is 4.79 Å². The molecule has 2 N–H and O–H groups in total. The summed E-state index contributed by atoms with van der Waals surface area (Å²) in [6, 6.07) is 16.4. The van der Waals surface area contributed by atoms with Crippen molar-refractivity contribution in [2.75, 3.05) is 0 Å².